The molecule has 1 atom stereocenters. The molecule has 1 aromatic rings. The van der Waals surface area contributed by atoms with Crippen molar-refractivity contribution in [3.8, 4) is 0 Å². The minimum atomic E-state index is -0.784. The lowest BCUT2D eigenvalue weighted by Crippen LogP contribution is -2.40. The fraction of sp³-hybridized carbons (Fsp3) is 0.429. The maximum Gasteiger partial charge on any atom is 0.303 e. The number of carboxylic acids is 1. The first-order chi connectivity index (χ1) is 9.06. The normalized spacial score (nSPS) is 19.2. The summed E-state index contributed by atoms with van der Waals surface area (Å²) in [6.45, 7) is 1.27. The summed E-state index contributed by atoms with van der Waals surface area (Å²) in [6, 6.07) is 7.49. The zero-order valence-electron chi connectivity index (χ0n) is 10.5. The largest absolute Gasteiger partial charge is 0.481 e. The second kappa shape index (κ2) is 6.36. The highest BCUT2D eigenvalue weighted by Crippen LogP contribution is 2.21. The standard InChI is InChI=1S/C14H16INO3/c15-12-5-1-4-11(8-12)14(19)16-6-2-3-10(9-16)7-13(17)18/h1,4-5,8,10H,2-3,6-7,9H2,(H,17,18). The van der Waals surface area contributed by atoms with Gasteiger partial charge in [-0.15, -0.1) is 0 Å². The van der Waals surface area contributed by atoms with Gasteiger partial charge in [0, 0.05) is 28.6 Å². The predicted molar refractivity (Wildman–Crippen MR) is 80.0 cm³/mol. The molecule has 1 aliphatic rings. The van der Waals surface area contributed by atoms with Gasteiger partial charge in [-0.3, -0.25) is 9.59 Å². The van der Waals surface area contributed by atoms with Gasteiger partial charge in [0.1, 0.15) is 0 Å². The summed E-state index contributed by atoms with van der Waals surface area (Å²) < 4.78 is 1.03. The van der Waals surface area contributed by atoms with Crippen LogP contribution in [-0.2, 0) is 4.79 Å². The zero-order chi connectivity index (χ0) is 13.8. The molecular formula is C14H16INO3. The van der Waals surface area contributed by atoms with Crippen LogP contribution in [-0.4, -0.2) is 35.0 Å². The number of benzene rings is 1. The Morgan fingerprint density at radius 2 is 2.21 bits per heavy atom. The Labute approximate surface area is 125 Å². The van der Waals surface area contributed by atoms with E-state index in [1.54, 1.807) is 4.90 Å². The highest BCUT2D eigenvalue weighted by atomic mass is 127. The van der Waals surface area contributed by atoms with Crippen molar-refractivity contribution >= 4 is 34.5 Å². The van der Waals surface area contributed by atoms with E-state index in [2.05, 4.69) is 22.6 Å². The molecule has 1 amide bonds. The zero-order valence-corrected chi connectivity index (χ0v) is 12.7. The first kappa shape index (κ1) is 14.3. The van der Waals surface area contributed by atoms with Crippen LogP contribution >= 0.6 is 22.6 Å². The molecule has 1 unspecified atom stereocenters. The third-order valence-corrected chi connectivity index (χ3v) is 4.01. The summed E-state index contributed by atoms with van der Waals surface area (Å²) in [5.74, 6) is -0.694. The Morgan fingerprint density at radius 1 is 1.42 bits per heavy atom. The Balaban J connectivity index is 2.04. The van der Waals surface area contributed by atoms with Crippen molar-refractivity contribution in [1.29, 1.82) is 0 Å². The minimum Gasteiger partial charge on any atom is -0.481 e. The van der Waals surface area contributed by atoms with Crippen LogP contribution in [0.4, 0.5) is 0 Å². The summed E-state index contributed by atoms with van der Waals surface area (Å²) in [6.07, 6.45) is 1.92. The van der Waals surface area contributed by atoms with E-state index in [-0.39, 0.29) is 18.2 Å². The molecule has 0 saturated carbocycles. The van der Waals surface area contributed by atoms with Gasteiger partial charge >= 0.3 is 5.97 Å². The molecule has 5 heteroatoms. The third kappa shape index (κ3) is 3.92. The second-order valence-corrected chi connectivity index (χ2v) is 6.11. The van der Waals surface area contributed by atoms with Crippen LogP contribution in [0.2, 0.25) is 0 Å². The molecule has 0 aromatic heterocycles. The van der Waals surface area contributed by atoms with E-state index in [0.29, 0.717) is 12.1 Å². The van der Waals surface area contributed by atoms with E-state index in [0.717, 1.165) is 23.0 Å². The number of piperidine rings is 1. The van der Waals surface area contributed by atoms with Gasteiger partial charge in [0.25, 0.3) is 5.91 Å². The molecule has 1 aromatic carbocycles. The van der Waals surface area contributed by atoms with Gasteiger partial charge in [-0.2, -0.15) is 0 Å². The maximum absolute atomic E-state index is 12.4. The lowest BCUT2D eigenvalue weighted by Gasteiger charge is -2.32. The Bertz CT molecular complexity index is 489. The van der Waals surface area contributed by atoms with Crippen LogP contribution in [0.25, 0.3) is 0 Å². The molecule has 1 N–H and O–H groups in total. The molecule has 0 radical (unpaired) electrons. The Kier molecular flexibility index (Phi) is 4.79. The number of rotatable bonds is 3. The minimum absolute atomic E-state index is 0.00797. The van der Waals surface area contributed by atoms with Gasteiger partial charge < -0.3 is 10.0 Å². The van der Waals surface area contributed by atoms with Gasteiger partial charge in [-0.05, 0) is 59.5 Å². The number of aliphatic carboxylic acids is 1. The number of hydrogen-bond acceptors (Lipinski definition) is 2. The molecule has 19 heavy (non-hydrogen) atoms. The molecule has 0 bridgehead atoms. The number of likely N-dealkylation sites (tertiary alicyclic amines) is 1. The van der Waals surface area contributed by atoms with Gasteiger partial charge in [0.2, 0.25) is 0 Å². The first-order valence-electron chi connectivity index (χ1n) is 6.33. The SMILES string of the molecule is O=C(O)CC1CCCN(C(=O)c2cccc(I)c2)C1. The van der Waals surface area contributed by atoms with Crippen molar-refractivity contribution in [1.82, 2.24) is 4.90 Å². The van der Waals surface area contributed by atoms with Crippen LogP contribution in [0.15, 0.2) is 24.3 Å². The predicted octanol–water partition coefficient (Wildman–Crippen LogP) is 2.62. The number of carboxylic acid groups (broad SMARTS) is 1. The monoisotopic (exact) mass is 373 g/mol. The van der Waals surface area contributed by atoms with Crippen molar-refractivity contribution in [2.75, 3.05) is 13.1 Å². The number of carbonyl (C=O) groups is 2. The van der Waals surface area contributed by atoms with Gasteiger partial charge in [0.05, 0.1) is 0 Å². The van der Waals surface area contributed by atoms with Crippen molar-refractivity contribution in [2.45, 2.75) is 19.3 Å². The highest BCUT2D eigenvalue weighted by molar-refractivity contribution is 14.1. The summed E-state index contributed by atoms with van der Waals surface area (Å²) in [5, 5.41) is 8.84. The molecule has 0 aliphatic carbocycles. The summed E-state index contributed by atoms with van der Waals surface area (Å²) in [7, 11) is 0. The Hall–Kier alpha value is -1.11. The molecule has 4 nitrogen and oxygen atoms in total. The molecule has 2 rings (SSSR count). The number of carbonyl (C=O) groups excluding carboxylic acids is 1. The molecule has 1 fully saturated rings. The third-order valence-electron chi connectivity index (χ3n) is 3.34. The average molecular weight is 373 g/mol. The van der Waals surface area contributed by atoms with Crippen molar-refractivity contribution in [2.24, 2.45) is 5.92 Å². The molecule has 0 spiro atoms. The molecule has 1 saturated heterocycles. The topological polar surface area (TPSA) is 57.6 Å². The summed E-state index contributed by atoms with van der Waals surface area (Å²) in [5.41, 5.74) is 0.683. The fourth-order valence-electron chi connectivity index (χ4n) is 2.47. The van der Waals surface area contributed by atoms with E-state index < -0.39 is 5.97 Å². The lowest BCUT2D eigenvalue weighted by atomic mass is 9.94. The van der Waals surface area contributed by atoms with Crippen molar-refractivity contribution in [3.05, 3.63) is 33.4 Å². The van der Waals surface area contributed by atoms with E-state index in [1.807, 2.05) is 24.3 Å². The van der Waals surface area contributed by atoms with E-state index >= 15 is 0 Å². The van der Waals surface area contributed by atoms with Gasteiger partial charge in [-0.25, -0.2) is 0 Å². The van der Waals surface area contributed by atoms with Crippen molar-refractivity contribution < 1.29 is 14.7 Å². The lowest BCUT2D eigenvalue weighted by molar-refractivity contribution is -0.138. The van der Waals surface area contributed by atoms with Crippen LogP contribution in [0.5, 0.6) is 0 Å². The first-order valence-corrected chi connectivity index (χ1v) is 7.41. The number of halogens is 1. The van der Waals surface area contributed by atoms with Crippen LogP contribution in [0.1, 0.15) is 29.6 Å². The number of nitrogens with zero attached hydrogens (tertiary/aromatic N) is 1. The highest BCUT2D eigenvalue weighted by Gasteiger charge is 2.25. The second-order valence-electron chi connectivity index (χ2n) is 4.87. The smallest absolute Gasteiger partial charge is 0.303 e. The summed E-state index contributed by atoms with van der Waals surface area (Å²) >= 11 is 2.18. The van der Waals surface area contributed by atoms with E-state index in [1.165, 1.54) is 0 Å². The van der Waals surface area contributed by atoms with Crippen molar-refractivity contribution in [3.63, 3.8) is 0 Å². The van der Waals surface area contributed by atoms with Crippen LogP contribution < -0.4 is 0 Å². The van der Waals surface area contributed by atoms with Gasteiger partial charge in [-0.1, -0.05) is 6.07 Å². The maximum atomic E-state index is 12.4. The van der Waals surface area contributed by atoms with E-state index in [4.69, 9.17) is 5.11 Å². The van der Waals surface area contributed by atoms with Crippen LogP contribution in [0, 0.1) is 9.49 Å². The van der Waals surface area contributed by atoms with Crippen LogP contribution in [0.3, 0.4) is 0 Å². The molecule has 102 valence electrons. The Morgan fingerprint density at radius 3 is 2.89 bits per heavy atom. The average Bonchev–Trinajstić information content (AvgIpc) is 2.37. The summed E-state index contributed by atoms with van der Waals surface area (Å²) in [4.78, 5) is 24.9. The number of amides is 1. The van der Waals surface area contributed by atoms with E-state index in [9.17, 15) is 9.59 Å². The molecular weight excluding hydrogens is 357 g/mol. The number of hydrogen-bond donors (Lipinski definition) is 1. The quantitative estimate of drug-likeness (QED) is 0.829. The van der Waals surface area contributed by atoms with Gasteiger partial charge in [0.15, 0.2) is 0 Å². The fourth-order valence-corrected chi connectivity index (χ4v) is 3.01. The molecule has 1 heterocycles. The molecule has 1 aliphatic heterocycles.